The Morgan fingerprint density at radius 3 is 2.72 bits per heavy atom. The first-order chi connectivity index (χ1) is 8.35. The van der Waals surface area contributed by atoms with Gasteiger partial charge in [-0.2, -0.15) is 0 Å². The monoisotopic (exact) mass is 272 g/mol. The third-order valence-electron chi connectivity index (χ3n) is 2.28. The Labute approximate surface area is 106 Å². The van der Waals surface area contributed by atoms with E-state index in [2.05, 4.69) is 15.0 Å². The van der Waals surface area contributed by atoms with Crippen molar-refractivity contribution in [2.45, 2.75) is 6.92 Å². The molecule has 0 radical (unpaired) electrons. The number of nitrogens with zero attached hydrogens (tertiary/aromatic N) is 1. The molecule has 0 unspecified atom stereocenters. The van der Waals surface area contributed by atoms with Gasteiger partial charge in [0.05, 0.1) is 11.3 Å². The van der Waals surface area contributed by atoms with Gasteiger partial charge in [0.2, 0.25) is 10.0 Å². The highest BCUT2D eigenvalue weighted by Gasteiger charge is 2.12. The Morgan fingerprint density at radius 2 is 2.17 bits per heavy atom. The Bertz CT molecular complexity index is 542. The van der Waals surface area contributed by atoms with Crippen LogP contribution in [0.3, 0.4) is 0 Å². The van der Waals surface area contributed by atoms with Crippen LogP contribution in [0.2, 0.25) is 0 Å². The fourth-order valence-electron chi connectivity index (χ4n) is 1.27. The molecule has 4 N–H and O–H groups in total. The van der Waals surface area contributed by atoms with Crippen LogP contribution in [0, 0.1) is 6.92 Å². The quantitative estimate of drug-likeness (QED) is 0.652. The molecule has 1 amide bonds. The summed E-state index contributed by atoms with van der Waals surface area (Å²) in [6, 6.07) is 1.58. The zero-order valence-electron chi connectivity index (χ0n) is 10.2. The fraction of sp³-hybridized carbons (Fsp3) is 0.400. The number of carbonyl (C=O) groups is 1. The molecule has 0 aliphatic carbocycles. The van der Waals surface area contributed by atoms with E-state index in [1.807, 2.05) is 0 Å². The predicted octanol–water partition coefficient (Wildman–Crippen LogP) is -0.749. The van der Waals surface area contributed by atoms with E-state index in [-0.39, 0.29) is 17.9 Å². The Hall–Kier alpha value is -1.67. The lowest BCUT2D eigenvalue weighted by Crippen LogP contribution is -2.33. The normalized spacial score (nSPS) is 11.2. The molecule has 0 fully saturated rings. The van der Waals surface area contributed by atoms with Gasteiger partial charge in [0.15, 0.2) is 0 Å². The highest BCUT2D eigenvalue weighted by Crippen LogP contribution is 2.10. The molecule has 8 heteroatoms. The zero-order chi connectivity index (χ0) is 13.8. The van der Waals surface area contributed by atoms with Crippen molar-refractivity contribution in [3.05, 3.63) is 23.5 Å². The van der Waals surface area contributed by atoms with Crippen molar-refractivity contribution in [2.75, 3.05) is 25.1 Å². The molecular formula is C10H16N4O3S. The van der Waals surface area contributed by atoms with Gasteiger partial charge in [-0.15, -0.1) is 0 Å². The molecule has 0 aliphatic rings. The lowest BCUT2D eigenvalue weighted by Gasteiger charge is -2.07. The van der Waals surface area contributed by atoms with Crippen LogP contribution in [0.25, 0.3) is 0 Å². The van der Waals surface area contributed by atoms with E-state index in [1.54, 1.807) is 13.0 Å². The summed E-state index contributed by atoms with van der Waals surface area (Å²) in [7, 11) is -2.01. The van der Waals surface area contributed by atoms with Crippen LogP contribution in [0.5, 0.6) is 0 Å². The number of anilines is 1. The summed E-state index contributed by atoms with van der Waals surface area (Å²) >= 11 is 0. The summed E-state index contributed by atoms with van der Waals surface area (Å²) < 4.78 is 24.4. The predicted molar refractivity (Wildman–Crippen MR) is 68.6 cm³/mol. The van der Waals surface area contributed by atoms with Crippen molar-refractivity contribution in [1.29, 1.82) is 0 Å². The molecule has 0 bridgehead atoms. The van der Waals surface area contributed by atoms with Gasteiger partial charge in [0.25, 0.3) is 5.91 Å². The number of aryl methyl sites for hydroxylation is 1. The summed E-state index contributed by atoms with van der Waals surface area (Å²) in [4.78, 5) is 15.7. The smallest absolute Gasteiger partial charge is 0.254 e. The number of sulfonamides is 1. The van der Waals surface area contributed by atoms with Gasteiger partial charge in [-0.25, -0.2) is 13.1 Å². The minimum Gasteiger partial charge on any atom is -0.398 e. The maximum Gasteiger partial charge on any atom is 0.254 e. The molecule has 0 spiro atoms. The van der Waals surface area contributed by atoms with Gasteiger partial charge >= 0.3 is 0 Å². The van der Waals surface area contributed by atoms with Crippen molar-refractivity contribution in [2.24, 2.45) is 0 Å². The molecule has 100 valence electrons. The second kappa shape index (κ2) is 5.78. The van der Waals surface area contributed by atoms with Gasteiger partial charge in [0, 0.05) is 24.1 Å². The van der Waals surface area contributed by atoms with Crippen molar-refractivity contribution < 1.29 is 13.2 Å². The van der Waals surface area contributed by atoms with E-state index < -0.39 is 15.9 Å². The van der Waals surface area contributed by atoms with E-state index in [0.29, 0.717) is 11.4 Å². The van der Waals surface area contributed by atoms with E-state index in [9.17, 15) is 13.2 Å². The number of amides is 1. The van der Waals surface area contributed by atoms with Crippen LogP contribution < -0.4 is 15.8 Å². The number of hydrogen-bond donors (Lipinski definition) is 3. The number of nitrogen functional groups attached to an aromatic ring is 1. The maximum absolute atomic E-state index is 11.7. The van der Waals surface area contributed by atoms with Crippen molar-refractivity contribution >= 4 is 21.6 Å². The minimum absolute atomic E-state index is 0.00925. The van der Waals surface area contributed by atoms with Gasteiger partial charge in [-0.05, 0) is 20.0 Å². The second-order valence-corrected chi connectivity index (χ2v) is 5.74. The average molecular weight is 272 g/mol. The number of hydrogen-bond acceptors (Lipinski definition) is 5. The number of pyridine rings is 1. The van der Waals surface area contributed by atoms with E-state index >= 15 is 0 Å². The number of nitrogens with one attached hydrogen (secondary N) is 2. The molecule has 0 saturated heterocycles. The highest BCUT2D eigenvalue weighted by molar-refractivity contribution is 7.89. The van der Waals surface area contributed by atoms with Crippen molar-refractivity contribution in [3.8, 4) is 0 Å². The first-order valence-electron chi connectivity index (χ1n) is 5.27. The van der Waals surface area contributed by atoms with Crippen LogP contribution in [0.4, 0.5) is 5.69 Å². The number of aromatic nitrogens is 1. The first-order valence-corrected chi connectivity index (χ1v) is 6.92. The first kappa shape index (κ1) is 14.4. The lowest BCUT2D eigenvalue weighted by molar-refractivity contribution is 0.0956. The largest absolute Gasteiger partial charge is 0.398 e. The molecule has 0 aromatic carbocycles. The van der Waals surface area contributed by atoms with Crippen LogP contribution in [-0.4, -0.2) is 38.7 Å². The Balaban J connectivity index is 2.61. The van der Waals surface area contributed by atoms with Crippen LogP contribution in [0.15, 0.2) is 12.3 Å². The van der Waals surface area contributed by atoms with Crippen LogP contribution in [-0.2, 0) is 10.0 Å². The van der Waals surface area contributed by atoms with Gasteiger partial charge in [-0.3, -0.25) is 9.78 Å². The van der Waals surface area contributed by atoms with Crippen LogP contribution in [0.1, 0.15) is 16.1 Å². The minimum atomic E-state index is -3.33. The fourth-order valence-corrected chi connectivity index (χ4v) is 1.84. The van der Waals surface area contributed by atoms with Gasteiger partial charge in [-0.1, -0.05) is 0 Å². The Kier molecular flexibility index (Phi) is 4.62. The van der Waals surface area contributed by atoms with Crippen molar-refractivity contribution in [1.82, 2.24) is 15.0 Å². The van der Waals surface area contributed by atoms with Gasteiger partial charge < -0.3 is 11.1 Å². The molecule has 18 heavy (non-hydrogen) atoms. The average Bonchev–Trinajstić information content (AvgIpc) is 2.28. The summed E-state index contributed by atoms with van der Waals surface area (Å²) in [5.41, 5.74) is 6.94. The lowest BCUT2D eigenvalue weighted by atomic mass is 10.2. The van der Waals surface area contributed by atoms with E-state index in [1.165, 1.54) is 13.2 Å². The maximum atomic E-state index is 11.7. The molecular weight excluding hydrogens is 256 g/mol. The summed E-state index contributed by atoms with van der Waals surface area (Å²) in [6.07, 6.45) is 1.37. The highest BCUT2D eigenvalue weighted by atomic mass is 32.2. The SMILES string of the molecule is CNS(=O)(=O)CCNC(=O)c1cnc(C)cc1N. The summed E-state index contributed by atoms with van der Waals surface area (Å²) in [5, 5.41) is 2.47. The third kappa shape index (κ3) is 3.97. The number of rotatable bonds is 5. The van der Waals surface area contributed by atoms with Gasteiger partial charge in [0.1, 0.15) is 0 Å². The summed E-state index contributed by atoms with van der Waals surface area (Å²) in [5.74, 6) is -0.625. The van der Waals surface area contributed by atoms with E-state index in [4.69, 9.17) is 5.73 Å². The molecule has 1 aromatic rings. The molecule has 0 atom stereocenters. The molecule has 1 aromatic heterocycles. The van der Waals surface area contributed by atoms with Crippen molar-refractivity contribution in [3.63, 3.8) is 0 Å². The van der Waals surface area contributed by atoms with E-state index in [0.717, 1.165) is 0 Å². The summed E-state index contributed by atoms with van der Waals surface area (Å²) in [6.45, 7) is 1.77. The number of nitrogens with two attached hydrogens (primary N) is 1. The molecule has 1 heterocycles. The Morgan fingerprint density at radius 1 is 1.50 bits per heavy atom. The molecule has 1 rings (SSSR count). The zero-order valence-corrected chi connectivity index (χ0v) is 11.0. The second-order valence-electron chi connectivity index (χ2n) is 3.69. The topological polar surface area (TPSA) is 114 Å². The van der Waals surface area contributed by atoms with Crippen LogP contribution >= 0.6 is 0 Å². The number of carbonyl (C=O) groups excluding carboxylic acids is 1. The molecule has 0 saturated carbocycles. The standard InChI is InChI=1S/C10H16N4O3S/c1-7-5-9(11)8(6-14-7)10(15)13-3-4-18(16,17)12-2/h5-6,12H,3-4H2,1-2H3,(H2,11,14)(H,13,15). The third-order valence-corrected chi connectivity index (χ3v) is 3.65. The molecule has 7 nitrogen and oxygen atoms in total. The molecule has 0 aliphatic heterocycles.